The van der Waals surface area contributed by atoms with E-state index < -0.39 is 66.0 Å². The van der Waals surface area contributed by atoms with Crippen molar-refractivity contribution >= 4 is 40.8 Å². The molecule has 1 aromatic heterocycles. The first-order valence-corrected chi connectivity index (χ1v) is 14.5. The van der Waals surface area contributed by atoms with Gasteiger partial charge in [0.05, 0.1) is 17.2 Å². The zero-order valence-corrected chi connectivity index (χ0v) is 25.1. The fourth-order valence-corrected chi connectivity index (χ4v) is 5.83. The molecule has 0 unspecified atom stereocenters. The second-order valence-corrected chi connectivity index (χ2v) is 12.1. The first-order chi connectivity index (χ1) is 21.2. The minimum atomic E-state index is -2.95. The van der Waals surface area contributed by atoms with Gasteiger partial charge in [-0.25, -0.2) is 18.2 Å². The predicted molar refractivity (Wildman–Crippen MR) is 159 cm³/mol. The van der Waals surface area contributed by atoms with Crippen molar-refractivity contribution in [1.82, 2.24) is 10.3 Å². The van der Waals surface area contributed by atoms with Crippen LogP contribution in [0.2, 0.25) is 5.02 Å². The largest absolute Gasteiger partial charge is 0.386 e. The van der Waals surface area contributed by atoms with Crippen molar-refractivity contribution in [3.05, 3.63) is 88.3 Å². The third kappa shape index (κ3) is 6.65. The minimum absolute atomic E-state index is 0.00793. The van der Waals surface area contributed by atoms with Gasteiger partial charge >= 0.3 is 0 Å². The molecule has 2 atom stereocenters. The Balaban J connectivity index is 1.68. The van der Waals surface area contributed by atoms with E-state index in [1.54, 1.807) is 12.1 Å². The highest BCUT2D eigenvalue weighted by Crippen LogP contribution is 2.40. The van der Waals surface area contributed by atoms with Gasteiger partial charge in [-0.3, -0.25) is 24.2 Å². The lowest BCUT2D eigenvalue weighted by atomic mass is 9.87. The molecule has 3 amide bonds. The van der Waals surface area contributed by atoms with Crippen molar-refractivity contribution in [2.24, 2.45) is 0 Å². The molecule has 45 heavy (non-hydrogen) atoms. The van der Waals surface area contributed by atoms with Crippen molar-refractivity contribution in [1.29, 1.82) is 5.26 Å². The maximum Gasteiger partial charge on any atom is 0.252 e. The Hall–Kier alpha value is -4.47. The first-order valence-electron chi connectivity index (χ1n) is 14.2. The van der Waals surface area contributed by atoms with Gasteiger partial charge in [-0.05, 0) is 62.2 Å². The Morgan fingerprint density at radius 2 is 1.91 bits per heavy atom. The van der Waals surface area contributed by atoms with Crippen LogP contribution in [0.25, 0.3) is 0 Å². The Bertz CT molecular complexity index is 1700. The number of pyridine rings is 1. The van der Waals surface area contributed by atoms with Crippen molar-refractivity contribution in [3.63, 3.8) is 0 Å². The van der Waals surface area contributed by atoms with E-state index in [1.807, 2.05) is 6.07 Å². The van der Waals surface area contributed by atoms with E-state index in [2.05, 4.69) is 10.3 Å². The highest BCUT2D eigenvalue weighted by molar-refractivity contribution is 6.31. The van der Waals surface area contributed by atoms with Crippen molar-refractivity contribution in [2.75, 3.05) is 9.80 Å². The molecule has 234 valence electrons. The monoisotopic (exact) mass is 639 g/mol. The summed E-state index contributed by atoms with van der Waals surface area (Å²) in [7, 11) is 0. The average Bonchev–Trinajstić information content (AvgIpc) is 3.35. The number of alkyl halides is 2. The summed E-state index contributed by atoms with van der Waals surface area (Å²) in [5, 5.41) is 22.8. The van der Waals surface area contributed by atoms with Crippen LogP contribution in [0.3, 0.4) is 0 Å². The van der Waals surface area contributed by atoms with Gasteiger partial charge in [-0.15, -0.1) is 0 Å². The molecule has 2 aliphatic rings. The summed E-state index contributed by atoms with van der Waals surface area (Å²) in [6, 6.07) is 10.5. The number of benzene rings is 2. The van der Waals surface area contributed by atoms with Crippen LogP contribution < -0.4 is 15.1 Å². The number of nitriles is 1. The molecule has 1 aliphatic carbocycles. The number of carbonyl (C=O) groups is 3. The lowest BCUT2D eigenvalue weighted by molar-refractivity contribution is -0.133. The molecule has 1 saturated heterocycles. The molecule has 2 fully saturated rings. The lowest BCUT2D eigenvalue weighted by Crippen LogP contribution is -2.56. The van der Waals surface area contributed by atoms with E-state index >= 15 is 4.39 Å². The van der Waals surface area contributed by atoms with Gasteiger partial charge in [0.1, 0.15) is 23.7 Å². The van der Waals surface area contributed by atoms with Gasteiger partial charge in [0.15, 0.2) is 0 Å². The second kappa shape index (κ2) is 12.1. The standard InChI is InChI=1S/C32H29ClF3N5O4/c1-31(2,45)19-12-20(34)14-22(13-19)40(30(44)25-7-8-27(42)41(25)26-11-18(17-37)9-10-38-26)28(23-5-3-4-6-24(23)33)29(43)39-21-15-32(35,36)16-21/h3-6,9-14,21,25,28,45H,7-8,15-16H2,1-2H3,(H,39,43)/t25-,28-/m0/s1. The number of hydrogen-bond acceptors (Lipinski definition) is 6. The van der Waals surface area contributed by atoms with Crippen LogP contribution in [-0.2, 0) is 20.0 Å². The van der Waals surface area contributed by atoms with Crippen molar-refractivity contribution in [2.45, 2.75) is 69.2 Å². The molecule has 0 spiro atoms. The molecule has 9 nitrogen and oxygen atoms in total. The van der Waals surface area contributed by atoms with Gasteiger partial charge in [0, 0.05) is 47.8 Å². The van der Waals surface area contributed by atoms with E-state index in [9.17, 15) is 33.5 Å². The summed E-state index contributed by atoms with van der Waals surface area (Å²) in [4.78, 5) is 48.2. The number of aromatic nitrogens is 1. The fourth-order valence-electron chi connectivity index (χ4n) is 5.59. The molecule has 0 bridgehead atoms. The van der Waals surface area contributed by atoms with Crippen molar-refractivity contribution in [3.8, 4) is 6.07 Å². The van der Waals surface area contributed by atoms with Gasteiger partial charge in [0.2, 0.25) is 11.8 Å². The Morgan fingerprint density at radius 3 is 2.56 bits per heavy atom. The first kappa shape index (κ1) is 31.9. The number of amides is 3. The number of aliphatic hydroxyl groups is 1. The second-order valence-electron chi connectivity index (χ2n) is 11.7. The molecule has 1 aliphatic heterocycles. The summed E-state index contributed by atoms with van der Waals surface area (Å²) in [6.45, 7) is 2.83. The van der Waals surface area contributed by atoms with Crippen LogP contribution >= 0.6 is 11.6 Å². The van der Waals surface area contributed by atoms with E-state index in [0.717, 1.165) is 21.9 Å². The summed E-state index contributed by atoms with van der Waals surface area (Å²) < 4.78 is 42.6. The highest BCUT2D eigenvalue weighted by Gasteiger charge is 2.49. The molecular formula is C32H29ClF3N5O4. The van der Waals surface area contributed by atoms with Crippen LogP contribution in [0.1, 0.15) is 62.3 Å². The molecule has 5 rings (SSSR count). The van der Waals surface area contributed by atoms with Crippen LogP contribution in [0, 0.1) is 17.1 Å². The lowest BCUT2D eigenvalue weighted by Gasteiger charge is -2.39. The third-order valence-electron chi connectivity index (χ3n) is 7.87. The molecule has 13 heteroatoms. The number of hydrogen-bond donors (Lipinski definition) is 2. The molecule has 3 aromatic rings. The predicted octanol–water partition coefficient (Wildman–Crippen LogP) is 5.16. The van der Waals surface area contributed by atoms with Crippen LogP contribution in [0.15, 0.2) is 60.8 Å². The highest BCUT2D eigenvalue weighted by atomic mass is 35.5. The number of nitrogens with one attached hydrogen (secondary N) is 1. The van der Waals surface area contributed by atoms with Crippen LogP contribution in [0.5, 0.6) is 0 Å². The zero-order chi connectivity index (χ0) is 32.7. The zero-order valence-electron chi connectivity index (χ0n) is 24.3. The van der Waals surface area contributed by atoms with E-state index in [4.69, 9.17) is 11.6 Å². The number of nitrogens with zero attached hydrogens (tertiary/aromatic N) is 4. The Morgan fingerprint density at radius 1 is 1.20 bits per heavy atom. The topological polar surface area (TPSA) is 127 Å². The summed E-state index contributed by atoms with van der Waals surface area (Å²) in [6.07, 6.45) is 0.0371. The molecule has 2 heterocycles. The summed E-state index contributed by atoms with van der Waals surface area (Å²) >= 11 is 6.55. The smallest absolute Gasteiger partial charge is 0.252 e. The number of anilines is 2. The maximum absolute atomic E-state index is 15.2. The van der Waals surface area contributed by atoms with E-state index in [-0.39, 0.29) is 46.1 Å². The van der Waals surface area contributed by atoms with Gasteiger partial charge in [-0.2, -0.15) is 5.26 Å². The minimum Gasteiger partial charge on any atom is -0.386 e. The van der Waals surface area contributed by atoms with E-state index in [1.165, 1.54) is 50.4 Å². The van der Waals surface area contributed by atoms with Crippen molar-refractivity contribution < 1.29 is 32.7 Å². The fraction of sp³-hybridized carbons (Fsp3) is 0.344. The number of carbonyl (C=O) groups excluding carboxylic acids is 3. The molecular weight excluding hydrogens is 611 g/mol. The summed E-state index contributed by atoms with van der Waals surface area (Å²) in [5.41, 5.74) is -1.33. The number of rotatable bonds is 8. The normalized spacial score (nSPS) is 18.6. The quantitative estimate of drug-likeness (QED) is 0.351. The van der Waals surface area contributed by atoms with E-state index in [0.29, 0.717) is 0 Å². The summed E-state index contributed by atoms with van der Waals surface area (Å²) in [5.74, 6) is -5.90. The molecule has 0 radical (unpaired) electrons. The third-order valence-corrected chi connectivity index (χ3v) is 8.21. The molecule has 1 saturated carbocycles. The average molecular weight is 640 g/mol. The molecule has 2 aromatic carbocycles. The van der Waals surface area contributed by atoms with Gasteiger partial charge in [0.25, 0.3) is 11.8 Å². The molecule has 2 N–H and O–H groups in total. The Labute approximate surface area is 262 Å². The SMILES string of the molecule is CC(C)(O)c1cc(F)cc(N(C(=O)[C@@H]2CCC(=O)N2c2cc(C#N)ccn2)[C@H](C(=O)NC2CC(F)(F)C2)c2ccccc2Cl)c1. The number of halogens is 4. The van der Waals surface area contributed by atoms with Gasteiger partial charge < -0.3 is 10.4 Å². The van der Waals surface area contributed by atoms with Crippen LogP contribution in [0.4, 0.5) is 24.7 Å². The maximum atomic E-state index is 15.2. The Kier molecular flexibility index (Phi) is 8.62. The van der Waals surface area contributed by atoms with Crippen LogP contribution in [-0.4, -0.2) is 45.8 Å². The van der Waals surface area contributed by atoms with Gasteiger partial charge in [-0.1, -0.05) is 29.8 Å².